The standard InChI is InChI=1S/C23H19N5/c1-13-6-2-5-9-17(13)20-18(19-21(23(25)26-20)27-28-22(19)24)16-11-10-14-7-3-4-8-15(14)12-16/h2-12H,1H3,(H2,25,26)(H3,24,27,28). The van der Waals surface area contributed by atoms with E-state index in [4.69, 9.17) is 16.5 Å². The van der Waals surface area contributed by atoms with Crippen LogP contribution in [0, 0.1) is 6.92 Å². The lowest BCUT2D eigenvalue weighted by Gasteiger charge is -2.15. The average molecular weight is 365 g/mol. The first kappa shape index (κ1) is 16.3. The van der Waals surface area contributed by atoms with Crippen molar-refractivity contribution in [3.63, 3.8) is 0 Å². The van der Waals surface area contributed by atoms with Crippen molar-refractivity contribution in [1.82, 2.24) is 15.2 Å². The SMILES string of the molecule is Cc1ccccc1-c1nc(N)c2[nH]nc(N)c2c1-c1ccc2ccccc2c1. The first-order valence-electron chi connectivity index (χ1n) is 9.11. The molecule has 0 aliphatic heterocycles. The van der Waals surface area contributed by atoms with Gasteiger partial charge in [0.05, 0.1) is 11.1 Å². The summed E-state index contributed by atoms with van der Waals surface area (Å²) in [5, 5.41) is 10.3. The van der Waals surface area contributed by atoms with E-state index in [0.717, 1.165) is 38.7 Å². The number of aromatic amines is 1. The predicted molar refractivity (Wildman–Crippen MR) is 116 cm³/mol. The van der Waals surface area contributed by atoms with Gasteiger partial charge in [-0.2, -0.15) is 5.10 Å². The van der Waals surface area contributed by atoms with Gasteiger partial charge < -0.3 is 11.5 Å². The highest BCUT2D eigenvalue weighted by Gasteiger charge is 2.21. The lowest BCUT2D eigenvalue weighted by molar-refractivity contribution is 1.12. The number of fused-ring (bicyclic) bond motifs is 2. The maximum atomic E-state index is 6.26. The van der Waals surface area contributed by atoms with Crippen LogP contribution in [0.5, 0.6) is 0 Å². The minimum absolute atomic E-state index is 0.391. The Labute approximate surface area is 162 Å². The molecule has 0 saturated heterocycles. The van der Waals surface area contributed by atoms with E-state index in [1.54, 1.807) is 0 Å². The number of hydrogen-bond acceptors (Lipinski definition) is 4. The number of hydrogen-bond donors (Lipinski definition) is 3. The normalized spacial score (nSPS) is 11.3. The second-order valence-electron chi connectivity index (χ2n) is 6.96. The van der Waals surface area contributed by atoms with Gasteiger partial charge in [-0.1, -0.05) is 60.7 Å². The van der Waals surface area contributed by atoms with Crippen molar-refractivity contribution in [2.75, 3.05) is 11.5 Å². The maximum absolute atomic E-state index is 6.26. The Morgan fingerprint density at radius 2 is 1.57 bits per heavy atom. The van der Waals surface area contributed by atoms with Crippen LogP contribution < -0.4 is 11.5 Å². The van der Waals surface area contributed by atoms with E-state index in [1.165, 1.54) is 5.39 Å². The molecule has 5 N–H and O–H groups in total. The van der Waals surface area contributed by atoms with Crippen LogP contribution in [0.3, 0.4) is 0 Å². The molecule has 0 radical (unpaired) electrons. The Kier molecular flexibility index (Phi) is 3.55. The molecule has 3 aromatic carbocycles. The van der Waals surface area contributed by atoms with Crippen LogP contribution in [0.4, 0.5) is 11.6 Å². The van der Waals surface area contributed by atoms with E-state index in [2.05, 4.69) is 59.6 Å². The molecular weight excluding hydrogens is 346 g/mol. The Balaban J connectivity index is 1.92. The molecule has 0 amide bonds. The van der Waals surface area contributed by atoms with Gasteiger partial charge in [0.2, 0.25) is 0 Å². The van der Waals surface area contributed by atoms with Crippen LogP contribution >= 0.6 is 0 Å². The number of aryl methyl sites for hydroxylation is 1. The fourth-order valence-electron chi connectivity index (χ4n) is 3.80. The second kappa shape index (κ2) is 6.09. The molecule has 136 valence electrons. The van der Waals surface area contributed by atoms with Crippen LogP contribution in [0.25, 0.3) is 44.1 Å². The molecule has 2 aromatic heterocycles. The van der Waals surface area contributed by atoms with Crippen LogP contribution in [-0.2, 0) is 0 Å². The summed E-state index contributed by atoms with van der Waals surface area (Å²) in [7, 11) is 0. The molecular formula is C23H19N5. The molecule has 0 spiro atoms. The lowest BCUT2D eigenvalue weighted by atomic mass is 9.92. The highest BCUT2D eigenvalue weighted by Crippen LogP contribution is 2.41. The topological polar surface area (TPSA) is 93.6 Å². The molecule has 0 atom stereocenters. The molecule has 0 aliphatic carbocycles. The van der Waals surface area contributed by atoms with E-state index in [0.29, 0.717) is 17.2 Å². The first-order chi connectivity index (χ1) is 13.6. The third-order valence-corrected chi connectivity index (χ3v) is 5.21. The molecule has 2 heterocycles. The van der Waals surface area contributed by atoms with Crippen molar-refractivity contribution in [2.24, 2.45) is 0 Å². The third kappa shape index (κ3) is 2.41. The van der Waals surface area contributed by atoms with E-state index in [9.17, 15) is 0 Å². The fourth-order valence-corrected chi connectivity index (χ4v) is 3.80. The number of nitrogens with two attached hydrogens (primary N) is 2. The van der Waals surface area contributed by atoms with Gasteiger partial charge in [-0.25, -0.2) is 4.98 Å². The van der Waals surface area contributed by atoms with Gasteiger partial charge in [-0.05, 0) is 34.9 Å². The summed E-state index contributed by atoms with van der Waals surface area (Å²) in [6, 6.07) is 22.8. The molecule has 5 rings (SSSR count). The van der Waals surface area contributed by atoms with E-state index >= 15 is 0 Å². The minimum Gasteiger partial charge on any atom is -0.382 e. The van der Waals surface area contributed by atoms with Crippen molar-refractivity contribution < 1.29 is 0 Å². The molecule has 0 aliphatic rings. The molecule has 5 nitrogen and oxygen atoms in total. The number of rotatable bonds is 2. The Bertz CT molecular complexity index is 1350. The largest absolute Gasteiger partial charge is 0.382 e. The van der Waals surface area contributed by atoms with E-state index < -0.39 is 0 Å². The van der Waals surface area contributed by atoms with Gasteiger partial charge in [0.25, 0.3) is 0 Å². The van der Waals surface area contributed by atoms with Gasteiger partial charge in [0.1, 0.15) is 11.3 Å². The van der Waals surface area contributed by atoms with Crippen molar-refractivity contribution in [3.8, 4) is 22.4 Å². The van der Waals surface area contributed by atoms with Crippen LogP contribution in [0.15, 0.2) is 66.7 Å². The molecule has 5 aromatic rings. The molecule has 0 bridgehead atoms. The number of pyridine rings is 1. The van der Waals surface area contributed by atoms with E-state index in [1.807, 2.05) is 24.3 Å². The van der Waals surface area contributed by atoms with Gasteiger partial charge in [-0.3, -0.25) is 5.10 Å². The predicted octanol–water partition coefficient (Wildman–Crippen LogP) is 4.92. The highest BCUT2D eigenvalue weighted by atomic mass is 15.2. The number of benzene rings is 3. The lowest BCUT2D eigenvalue weighted by Crippen LogP contribution is -1.99. The summed E-state index contributed by atoms with van der Waals surface area (Å²) >= 11 is 0. The Morgan fingerprint density at radius 3 is 2.39 bits per heavy atom. The number of aromatic nitrogens is 3. The Hall–Kier alpha value is -3.86. The molecule has 28 heavy (non-hydrogen) atoms. The van der Waals surface area contributed by atoms with Gasteiger partial charge in [0.15, 0.2) is 5.82 Å². The highest BCUT2D eigenvalue weighted by molar-refractivity contribution is 6.10. The summed E-state index contributed by atoms with van der Waals surface area (Å²) in [6.45, 7) is 2.07. The number of H-pyrrole nitrogens is 1. The van der Waals surface area contributed by atoms with Crippen LogP contribution in [0.1, 0.15) is 5.56 Å². The molecule has 0 saturated carbocycles. The monoisotopic (exact) mass is 365 g/mol. The molecule has 0 unspecified atom stereocenters. The zero-order valence-electron chi connectivity index (χ0n) is 15.4. The summed E-state index contributed by atoms with van der Waals surface area (Å²) in [5.74, 6) is 0.809. The summed E-state index contributed by atoms with van der Waals surface area (Å²) < 4.78 is 0. The van der Waals surface area contributed by atoms with Crippen LogP contribution in [-0.4, -0.2) is 15.2 Å². The number of nitrogen functional groups attached to an aromatic ring is 2. The quantitative estimate of drug-likeness (QED) is 0.414. The van der Waals surface area contributed by atoms with Crippen molar-refractivity contribution in [3.05, 3.63) is 72.3 Å². The third-order valence-electron chi connectivity index (χ3n) is 5.21. The summed E-state index contributed by atoms with van der Waals surface area (Å²) in [5.41, 5.74) is 18.1. The van der Waals surface area contributed by atoms with Gasteiger partial charge in [0, 0.05) is 11.1 Å². The van der Waals surface area contributed by atoms with Gasteiger partial charge in [-0.15, -0.1) is 0 Å². The first-order valence-corrected chi connectivity index (χ1v) is 9.11. The van der Waals surface area contributed by atoms with E-state index in [-0.39, 0.29) is 0 Å². The maximum Gasteiger partial charge on any atom is 0.153 e. The minimum atomic E-state index is 0.391. The zero-order chi connectivity index (χ0) is 19.3. The van der Waals surface area contributed by atoms with Gasteiger partial charge >= 0.3 is 0 Å². The fraction of sp³-hybridized carbons (Fsp3) is 0.0435. The summed E-state index contributed by atoms with van der Waals surface area (Å²) in [6.07, 6.45) is 0. The number of nitrogens with zero attached hydrogens (tertiary/aromatic N) is 2. The smallest absolute Gasteiger partial charge is 0.153 e. The average Bonchev–Trinajstić information content (AvgIpc) is 3.10. The number of anilines is 2. The van der Waals surface area contributed by atoms with Crippen LogP contribution in [0.2, 0.25) is 0 Å². The zero-order valence-corrected chi connectivity index (χ0v) is 15.4. The second-order valence-corrected chi connectivity index (χ2v) is 6.96. The Morgan fingerprint density at radius 1 is 0.821 bits per heavy atom. The summed E-state index contributed by atoms with van der Waals surface area (Å²) in [4.78, 5) is 4.75. The number of nitrogens with one attached hydrogen (secondary N) is 1. The molecule has 0 fully saturated rings. The molecule has 5 heteroatoms. The van der Waals surface area contributed by atoms with Crippen molar-refractivity contribution >= 4 is 33.3 Å². The van der Waals surface area contributed by atoms with Crippen molar-refractivity contribution in [1.29, 1.82) is 0 Å². The van der Waals surface area contributed by atoms with Crippen molar-refractivity contribution in [2.45, 2.75) is 6.92 Å².